The number of imide groups is 1. The Kier molecular flexibility index (Phi) is 11.8. The molecule has 16 nitrogen and oxygen atoms in total. The van der Waals surface area contributed by atoms with Gasteiger partial charge in [-0.3, -0.25) is 34.2 Å². The zero-order chi connectivity index (χ0) is 46.7. The van der Waals surface area contributed by atoms with E-state index < -0.39 is 23.2 Å². The molecule has 4 amide bonds. The van der Waals surface area contributed by atoms with Gasteiger partial charge in [-0.1, -0.05) is 44.5 Å². The van der Waals surface area contributed by atoms with Crippen LogP contribution in [0.1, 0.15) is 75.3 Å². The fourth-order valence-electron chi connectivity index (χ4n) is 10.9. The predicted octanol–water partition coefficient (Wildman–Crippen LogP) is 4.50. The normalized spacial score (nSPS) is 23.9. The molecule has 5 fully saturated rings. The number of halogens is 2. The van der Waals surface area contributed by atoms with E-state index in [2.05, 4.69) is 64.5 Å². The molecule has 346 valence electrons. The van der Waals surface area contributed by atoms with Crippen molar-refractivity contribution in [2.24, 2.45) is 16.7 Å². The highest BCUT2D eigenvalue weighted by Gasteiger charge is 2.64. The van der Waals surface area contributed by atoms with E-state index in [1.807, 2.05) is 35.2 Å². The van der Waals surface area contributed by atoms with Crippen molar-refractivity contribution in [1.29, 1.82) is 5.26 Å². The lowest BCUT2D eigenvalue weighted by atomic mass is 9.49. The van der Waals surface area contributed by atoms with Crippen LogP contribution in [0.2, 0.25) is 5.02 Å². The molecule has 4 aromatic rings. The molecule has 0 radical (unpaired) electrons. The minimum atomic E-state index is -1.39. The van der Waals surface area contributed by atoms with Crippen LogP contribution in [0.3, 0.4) is 0 Å². The average Bonchev–Trinajstić information content (AvgIpc) is 3.27. The van der Waals surface area contributed by atoms with Crippen LogP contribution in [0.4, 0.5) is 15.8 Å². The van der Waals surface area contributed by atoms with Gasteiger partial charge >= 0.3 is 0 Å². The van der Waals surface area contributed by atoms with Crippen molar-refractivity contribution in [3.05, 3.63) is 87.2 Å². The first kappa shape index (κ1) is 45.1. The number of likely N-dealkylation sites (tertiary alicyclic amines) is 1. The summed E-state index contributed by atoms with van der Waals surface area (Å²) in [6.45, 7) is 13.1. The van der Waals surface area contributed by atoms with Gasteiger partial charge in [0, 0.05) is 118 Å². The van der Waals surface area contributed by atoms with Crippen molar-refractivity contribution < 1.29 is 28.3 Å². The van der Waals surface area contributed by atoms with Crippen LogP contribution in [0.25, 0.3) is 10.9 Å². The SMILES string of the molecule is CC1(C)C(NC(=O)c2ccc(N3CCN(CC4(F)CCN(C(=O)C5CN(c6ccc7nnn(C8CCC(=O)NC8=O)c(=O)c7c6)C5)CC4)CC3)cc2)C(C)(C)C1Oc1ccc(C#N)c(Cl)c1. The number of amides is 4. The number of fused-ring (bicyclic) bond motifs is 1. The number of carbonyl (C=O) groups excluding carboxylic acids is 4. The molecule has 3 aromatic carbocycles. The van der Waals surface area contributed by atoms with Gasteiger partial charge in [0.1, 0.15) is 35.2 Å². The second-order valence-corrected chi connectivity index (χ2v) is 20.1. The summed E-state index contributed by atoms with van der Waals surface area (Å²) in [6, 6.07) is 18.9. The lowest BCUT2D eigenvalue weighted by Gasteiger charge is -2.63. The van der Waals surface area contributed by atoms with Crippen LogP contribution in [0, 0.1) is 28.1 Å². The lowest BCUT2D eigenvalue weighted by Crippen LogP contribution is -2.74. The van der Waals surface area contributed by atoms with Gasteiger partial charge in [0.25, 0.3) is 17.4 Å². The van der Waals surface area contributed by atoms with E-state index in [0.29, 0.717) is 78.6 Å². The number of ether oxygens (including phenoxy) is 1. The molecule has 1 aromatic heterocycles. The van der Waals surface area contributed by atoms with E-state index in [1.165, 1.54) is 0 Å². The van der Waals surface area contributed by atoms with Gasteiger partial charge in [-0.25, -0.2) is 4.39 Å². The second-order valence-electron chi connectivity index (χ2n) is 19.7. The summed E-state index contributed by atoms with van der Waals surface area (Å²) in [6.07, 6.45) is 0.617. The first-order valence-electron chi connectivity index (χ1n) is 22.6. The Morgan fingerprint density at radius 3 is 2.24 bits per heavy atom. The van der Waals surface area contributed by atoms with E-state index in [9.17, 15) is 29.2 Å². The number of aromatic nitrogens is 3. The monoisotopic (exact) mass is 920 g/mol. The van der Waals surface area contributed by atoms with Crippen LogP contribution >= 0.6 is 11.6 Å². The van der Waals surface area contributed by atoms with Crippen molar-refractivity contribution in [1.82, 2.24) is 35.4 Å². The Balaban J connectivity index is 0.715. The van der Waals surface area contributed by atoms with E-state index in [0.717, 1.165) is 29.1 Å². The third-order valence-electron chi connectivity index (χ3n) is 14.5. The van der Waals surface area contributed by atoms with Crippen LogP contribution in [0.5, 0.6) is 5.75 Å². The minimum Gasteiger partial charge on any atom is -0.489 e. The number of hydrogen-bond donors (Lipinski definition) is 2. The smallest absolute Gasteiger partial charge is 0.278 e. The molecule has 0 spiro atoms. The number of hydrogen-bond acceptors (Lipinski definition) is 12. The predicted molar refractivity (Wildman–Crippen MR) is 245 cm³/mol. The zero-order valence-electron chi connectivity index (χ0n) is 37.6. The highest BCUT2D eigenvalue weighted by molar-refractivity contribution is 6.31. The van der Waals surface area contributed by atoms with Gasteiger partial charge in [0.2, 0.25) is 11.8 Å². The van der Waals surface area contributed by atoms with Gasteiger partial charge < -0.3 is 24.8 Å². The average molecular weight is 921 g/mol. The molecule has 4 aliphatic heterocycles. The van der Waals surface area contributed by atoms with Crippen molar-refractivity contribution in [2.45, 2.75) is 77.2 Å². The molecule has 1 aliphatic carbocycles. The molecule has 18 heteroatoms. The molecule has 5 heterocycles. The van der Waals surface area contributed by atoms with Gasteiger partial charge in [0.15, 0.2) is 0 Å². The highest BCUT2D eigenvalue weighted by Crippen LogP contribution is 2.55. The Labute approximate surface area is 387 Å². The van der Waals surface area contributed by atoms with Crippen molar-refractivity contribution >= 4 is 57.5 Å². The third kappa shape index (κ3) is 8.45. The third-order valence-corrected chi connectivity index (χ3v) is 14.9. The summed E-state index contributed by atoms with van der Waals surface area (Å²) in [7, 11) is 0. The summed E-state index contributed by atoms with van der Waals surface area (Å²) >= 11 is 6.25. The Morgan fingerprint density at radius 2 is 1.59 bits per heavy atom. The number of nitriles is 1. The topological polar surface area (TPSA) is 186 Å². The molecule has 1 unspecified atom stereocenters. The maximum Gasteiger partial charge on any atom is 0.278 e. The summed E-state index contributed by atoms with van der Waals surface area (Å²) in [5.74, 6) is -0.773. The summed E-state index contributed by atoms with van der Waals surface area (Å²) in [4.78, 5) is 72.7. The van der Waals surface area contributed by atoms with E-state index >= 15 is 4.39 Å². The molecule has 1 atom stereocenters. The number of nitrogens with zero attached hydrogens (tertiary/aromatic N) is 8. The Hall–Kier alpha value is -6.12. The van der Waals surface area contributed by atoms with E-state index in [-0.39, 0.29) is 72.3 Å². The molecule has 9 rings (SSSR count). The number of rotatable bonds is 10. The molecular formula is C48H54ClFN10O6. The maximum absolute atomic E-state index is 16.3. The first-order chi connectivity index (χ1) is 31.4. The zero-order valence-corrected chi connectivity index (χ0v) is 38.3. The molecule has 0 bridgehead atoms. The fourth-order valence-corrected chi connectivity index (χ4v) is 11.2. The molecule has 5 aliphatic rings. The summed E-state index contributed by atoms with van der Waals surface area (Å²) < 4.78 is 23.7. The first-order valence-corrected chi connectivity index (χ1v) is 23.0. The fraction of sp³-hybridized carbons (Fsp3) is 0.500. The number of benzene rings is 3. The van der Waals surface area contributed by atoms with Crippen LogP contribution in [0.15, 0.2) is 65.5 Å². The molecule has 1 saturated carbocycles. The molecular weight excluding hydrogens is 867 g/mol. The molecule has 66 heavy (non-hydrogen) atoms. The standard InChI is InChI=1S/C48H54ClFN10O6/c1-46(2)44(47(3,4)45(46)66-34-11-7-30(25-51)36(49)24-34)53-40(62)29-5-8-32(9-6-29)57-21-19-56(20-22-57)28-48(50)15-17-58(18-16-48)42(64)31-26-59(27-31)33-10-12-37-35(23-33)43(65)60(55-54-37)38-13-14-39(61)52-41(38)63/h5-12,23-24,31,38,44-45H,13-22,26-28H2,1-4H3,(H,53,62)(H,52,61,63). The quantitative estimate of drug-likeness (QED) is 0.213. The number of nitrogens with one attached hydrogen (secondary N) is 2. The van der Waals surface area contributed by atoms with Crippen molar-refractivity contribution in [2.75, 3.05) is 68.7 Å². The lowest BCUT2D eigenvalue weighted by molar-refractivity contribution is -0.164. The molecule has 4 saturated heterocycles. The number of carbonyl (C=O) groups is 4. The Bertz CT molecular complexity index is 2670. The minimum absolute atomic E-state index is 0.0124. The second kappa shape index (κ2) is 17.3. The summed E-state index contributed by atoms with van der Waals surface area (Å²) in [5, 5.41) is 23.5. The number of anilines is 2. The molecule has 2 N–H and O–H groups in total. The number of piperazine rings is 1. The van der Waals surface area contributed by atoms with Crippen molar-refractivity contribution in [3.63, 3.8) is 0 Å². The van der Waals surface area contributed by atoms with E-state index in [4.69, 9.17) is 16.3 Å². The van der Waals surface area contributed by atoms with Crippen molar-refractivity contribution in [3.8, 4) is 11.8 Å². The van der Waals surface area contributed by atoms with E-state index in [1.54, 1.807) is 35.2 Å². The maximum atomic E-state index is 16.3. The number of piperidine rings is 2. The number of alkyl halides is 1. The van der Waals surface area contributed by atoms with Crippen LogP contribution < -0.4 is 30.7 Å². The van der Waals surface area contributed by atoms with Crippen LogP contribution in [-0.4, -0.2) is 125 Å². The summed E-state index contributed by atoms with van der Waals surface area (Å²) in [5.41, 5.74) is 0.455. The highest BCUT2D eigenvalue weighted by atomic mass is 35.5. The van der Waals surface area contributed by atoms with Crippen LogP contribution in [-0.2, 0) is 14.4 Å². The Morgan fingerprint density at radius 1 is 0.909 bits per heavy atom. The largest absolute Gasteiger partial charge is 0.489 e. The van der Waals surface area contributed by atoms with Gasteiger partial charge in [-0.15, -0.1) is 5.10 Å². The van der Waals surface area contributed by atoms with Gasteiger partial charge in [-0.2, -0.15) is 9.94 Å². The van der Waals surface area contributed by atoms with Gasteiger partial charge in [0.05, 0.1) is 21.9 Å². The van der Waals surface area contributed by atoms with Gasteiger partial charge in [-0.05, 0) is 61.0 Å².